The highest BCUT2D eigenvalue weighted by Crippen LogP contribution is 2.21. The number of hydrogen-bond donors (Lipinski definition) is 3. The number of nitrogens with zero attached hydrogens (tertiary/aromatic N) is 3. The number of nitrogens with one attached hydrogen (secondary N) is 2. The van der Waals surface area contributed by atoms with Crippen LogP contribution in [0.4, 0.5) is 5.82 Å². The predicted octanol–water partition coefficient (Wildman–Crippen LogP) is 0.858. The summed E-state index contributed by atoms with van der Waals surface area (Å²) in [7, 11) is 0. The number of hydrazine groups is 1. The smallest absolute Gasteiger partial charge is 0.272 e. The van der Waals surface area contributed by atoms with Crippen LogP contribution in [0.3, 0.4) is 0 Å². The van der Waals surface area contributed by atoms with E-state index in [1.807, 2.05) is 13.8 Å². The Hall–Kier alpha value is -2.48. The van der Waals surface area contributed by atoms with Crippen molar-refractivity contribution in [3.63, 3.8) is 0 Å². The van der Waals surface area contributed by atoms with Crippen LogP contribution < -0.4 is 16.6 Å². The number of aromatic nitrogens is 3. The number of anilines is 1. The van der Waals surface area contributed by atoms with Gasteiger partial charge in [-0.1, -0.05) is 5.16 Å². The van der Waals surface area contributed by atoms with Crippen molar-refractivity contribution in [2.75, 3.05) is 5.43 Å². The molecule has 0 aromatic carbocycles. The Morgan fingerprint density at radius 1 is 1.40 bits per heavy atom. The first-order valence-electron chi connectivity index (χ1n) is 6.05. The maximum atomic E-state index is 12.1. The molecule has 2 aromatic heterocycles. The minimum atomic E-state index is -0.345. The van der Waals surface area contributed by atoms with Gasteiger partial charge >= 0.3 is 0 Å². The Morgan fingerprint density at radius 3 is 2.75 bits per heavy atom. The van der Waals surface area contributed by atoms with Gasteiger partial charge in [0, 0.05) is 5.56 Å². The number of nitrogen functional groups attached to an aromatic ring is 1. The highest BCUT2D eigenvalue weighted by atomic mass is 16.5. The van der Waals surface area contributed by atoms with E-state index < -0.39 is 0 Å². The molecule has 20 heavy (non-hydrogen) atoms. The molecule has 1 amide bonds. The molecule has 4 N–H and O–H groups in total. The van der Waals surface area contributed by atoms with Gasteiger partial charge in [0.15, 0.2) is 5.82 Å². The van der Waals surface area contributed by atoms with Gasteiger partial charge in [0.25, 0.3) is 5.91 Å². The van der Waals surface area contributed by atoms with Crippen LogP contribution in [0.25, 0.3) is 0 Å². The first-order valence-corrected chi connectivity index (χ1v) is 6.05. The molecule has 0 bridgehead atoms. The van der Waals surface area contributed by atoms with Crippen molar-refractivity contribution in [3.8, 4) is 0 Å². The maximum absolute atomic E-state index is 12.1. The predicted molar refractivity (Wildman–Crippen MR) is 71.7 cm³/mol. The van der Waals surface area contributed by atoms with Crippen molar-refractivity contribution >= 4 is 11.7 Å². The van der Waals surface area contributed by atoms with E-state index in [0.717, 1.165) is 11.3 Å². The van der Waals surface area contributed by atoms with Crippen molar-refractivity contribution in [3.05, 3.63) is 35.1 Å². The number of carbonyl (C=O) groups is 1. The van der Waals surface area contributed by atoms with E-state index >= 15 is 0 Å². The highest BCUT2D eigenvalue weighted by molar-refractivity contribution is 5.92. The summed E-state index contributed by atoms with van der Waals surface area (Å²) in [6.07, 6.45) is 2.80. The van der Waals surface area contributed by atoms with Gasteiger partial charge in [0.1, 0.15) is 11.5 Å². The lowest BCUT2D eigenvalue weighted by atomic mass is 10.1. The lowest BCUT2D eigenvalue weighted by Crippen LogP contribution is -2.28. The van der Waals surface area contributed by atoms with E-state index in [1.54, 1.807) is 6.92 Å². The third-order valence-corrected chi connectivity index (χ3v) is 2.88. The molecule has 2 aromatic rings. The van der Waals surface area contributed by atoms with Gasteiger partial charge in [0.05, 0.1) is 24.1 Å². The Morgan fingerprint density at radius 2 is 2.15 bits per heavy atom. The van der Waals surface area contributed by atoms with E-state index in [9.17, 15) is 4.79 Å². The van der Waals surface area contributed by atoms with Gasteiger partial charge in [-0.25, -0.2) is 10.8 Å². The Balaban J connectivity index is 2.15. The second-order valence-electron chi connectivity index (χ2n) is 4.37. The molecule has 0 spiro atoms. The van der Waals surface area contributed by atoms with Gasteiger partial charge < -0.3 is 15.3 Å². The first-order chi connectivity index (χ1) is 9.52. The number of aryl methyl sites for hydroxylation is 2. The van der Waals surface area contributed by atoms with Crippen LogP contribution >= 0.6 is 0 Å². The third-order valence-electron chi connectivity index (χ3n) is 2.88. The van der Waals surface area contributed by atoms with Gasteiger partial charge in [0.2, 0.25) is 0 Å². The molecule has 8 heteroatoms. The van der Waals surface area contributed by atoms with E-state index in [-0.39, 0.29) is 17.6 Å². The number of nitrogens with two attached hydrogens (primary N) is 1. The van der Waals surface area contributed by atoms with Crippen molar-refractivity contribution in [1.82, 2.24) is 20.4 Å². The molecule has 0 saturated carbocycles. The fraction of sp³-hybridized carbons (Fsp3) is 0.333. The summed E-state index contributed by atoms with van der Waals surface area (Å²) in [6.45, 7) is 5.48. The Labute approximate surface area is 115 Å². The lowest BCUT2D eigenvalue weighted by molar-refractivity contribution is 0.0934. The zero-order valence-corrected chi connectivity index (χ0v) is 11.5. The van der Waals surface area contributed by atoms with E-state index in [4.69, 9.17) is 10.4 Å². The van der Waals surface area contributed by atoms with Crippen molar-refractivity contribution < 1.29 is 9.32 Å². The topological polar surface area (TPSA) is 119 Å². The average Bonchev–Trinajstić information content (AvgIpc) is 2.78. The molecule has 0 fully saturated rings. The second-order valence-corrected chi connectivity index (χ2v) is 4.37. The van der Waals surface area contributed by atoms with Crippen LogP contribution in [-0.4, -0.2) is 21.0 Å². The molecule has 1 unspecified atom stereocenters. The summed E-state index contributed by atoms with van der Waals surface area (Å²) < 4.78 is 5.08. The van der Waals surface area contributed by atoms with E-state index in [2.05, 4.69) is 25.9 Å². The monoisotopic (exact) mass is 276 g/mol. The Bertz CT molecular complexity index is 605. The second kappa shape index (κ2) is 5.66. The van der Waals surface area contributed by atoms with E-state index in [1.165, 1.54) is 12.4 Å². The number of rotatable bonds is 4. The highest BCUT2D eigenvalue weighted by Gasteiger charge is 2.19. The molecule has 0 saturated heterocycles. The van der Waals surface area contributed by atoms with Crippen molar-refractivity contribution in [2.45, 2.75) is 26.8 Å². The quantitative estimate of drug-likeness (QED) is 0.559. The van der Waals surface area contributed by atoms with Gasteiger partial charge in [-0.05, 0) is 20.8 Å². The zero-order chi connectivity index (χ0) is 14.7. The molecular formula is C12H16N6O2. The SMILES string of the molecule is Cc1noc(C)c1C(C)NC(=O)c1cncc(NN)n1. The minimum absolute atomic E-state index is 0.180. The van der Waals surface area contributed by atoms with Crippen LogP contribution in [0.2, 0.25) is 0 Å². The number of carbonyl (C=O) groups excluding carboxylic acids is 1. The van der Waals surface area contributed by atoms with E-state index in [0.29, 0.717) is 11.6 Å². The van der Waals surface area contributed by atoms with Crippen LogP contribution in [-0.2, 0) is 0 Å². The fourth-order valence-electron chi connectivity index (χ4n) is 2.00. The standard InChI is InChI=1S/C12H16N6O2/c1-6(11-7(2)18-20-8(11)3)15-12(19)9-4-14-5-10(16-9)17-13/h4-6H,13H2,1-3H3,(H,15,19)(H,16,17). The first kappa shape index (κ1) is 13.9. The van der Waals surface area contributed by atoms with Crippen LogP contribution in [0.1, 0.15) is 40.5 Å². The molecule has 2 heterocycles. The largest absolute Gasteiger partial charge is 0.361 e. The van der Waals surface area contributed by atoms with Gasteiger partial charge in [-0.3, -0.25) is 9.78 Å². The van der Waals surface area contributed by atoms with Crippen molar-refractivity contribution in [1.29, 1.82) is 0 Å². The van der Waals surface area contributed by atoms with Gasteiger partial charge in [-0.2, -0.15) is 0 Å². The van der Waals surface area contributed by atoms with Crippen LogP contribution in [0, 0.1) is 13.8 Å². The number of hydrogen-bond acceptors (Lipinski definition) is 7. The minimum Gasteiger partial charge on any atom is -0.361 e. The fourth-order valence-corrected chi connectivity index (χ4v) is 2.00. The molecule has 0 aliphatic rings. The molecular weight excluding hydrogens is 260 g/mol. The molecule has 0 aliphatic carbocycles. The average molecular weight is 276 g/mol. The van der Waals surface area contributed by atoms with Crippen molar-refractivity contribution in [2.24, 2.45) is 5.84 Å². The van der Waals surface area contributed by atoms with Crippen LogP contribution in [0.5, 0.6) is 0 Å². The summed E-state index contributed by atoms with van der Waals surface area (Å²) in [5.41, 5.74) is 4.13. The Kier molecular flexibility index (Phi) is 3.94. The summed E-state index contributed by atoms with van der Waals surface area (Å²) in [5, 5.41) is 6.69. The normalized spacial score (nSPS) is 12.0. The summed E-state index contributed by atoms with van der Waals surface area (Å²) >= 11 is 0. The zero-order valence-electron chi connectivity index (χ0n) is 11.5. The number of amides is 1. The van der Waals surface area contributed by atoms with Gasteiger partial charge in [-0.15, -0.1) is 0 Å². The molecule has 2 rings (SSSR count). The molecule has 0 radical (unpaired) electrons. The molecule has 106 valence electrons. The summed E-state index contributed by atoms with van der Waals surface area (Å²) in [4.78, 5) is 20.0. The molecule has 1 atom stereocenters. The van der Waals surface area contributed by atoms with Crippen LogP contribution in [0.15, 0.2) is 16.9 Å². The lowest BCUT2D eigenvalue weighted by Gasteiger charge is -2.13. The molecule has 0 aliphatic heterocycles. The summed E-state index contributed by atoms with van der Waals surface area (Å²) in [5.74, 6) is 5.89. The maximum Gasteiger partial charge on any atom is 0.272 e. The summed E-state index contributed by atoms with van der Waals surface area (Å²) in [6, 6.07) is -0.245. The third kappa shape index (κ3) is 2.75. The molecule has 8 nitrogen and oxygen atoms in total.